The number of nitrogens with zero attached hydrogens (tertiary/aromatic N) is 5. The summed E-state index contributed by atoms with van der Waals surface area (Å²) >= 11 is 1.61. The first kappa shape index (κ1) is 16.8. The van der Waals surface area contributed by atoms with Gasteiger partial charge in [0.25, 0.3) is 0 Å². The van der Waals surface area contributed by atoms with Gasteiger partial charge in [-0.1, -0.05) is 6.07 Å². The van der Waals surface area contributed by atoms with Crippen molar-refractivity contribution in [1.82, 2.24) is 30.0 Å². The standard InChI is InChI=1S/C18H20N6OS/c1-12-20-15(11-26-12)18-23-22-16-5-4-14(6-8-24(16)18)21-17(25)9-13-3-2-7-19-10-13/h2-3,7,10-11,14H,4-6,8-9H2,1H3,(H,21,25). The number of hydrogen-bond acceptors (Lipinski definition) is 6. The second-order valence-electron chi connectivity index (χ2n) is 6.47. The summed E-state index contributed by atoms with van der Waals surface area (Å²) in [5.41, 5.74) is 1.81. The Balaban J connectivity index is 1.41. The van der Waals surface area contributed by atoms with Gasteiger partial charge >= 0.3 is 0 Å². The number of nitrogens with one attached hydrogen (secondary N) is 1. The molecule has 0 saturated carbocycles. The minimum absolute atomic E-state index is 0.0380. The lowest BCUT2D eigenvalue weighted by molar-refractivity contribution is -0.121. The first-order chi connectivity index (χ1) is 12.7. The van der Waals surface area contributed by atoms with Crippen molar-refractivity contribution in [3.63, 3.8) is 0 Å². The minimum Gasteiger partial charge on any atom is -0.353 e. The Hall–Kier alpha value is -2.61. The number of aromatic nitrogens is 5. The van der Waals surface area contributed by atoms with Crippen LogP contribution < -0.4 is 5.32 Å². The van der Waals surface area contributed by atoms with Crippen LogP contribution >= 0.6 is 11.3 Å². The van der Waals surface area contributed by atoms with Gasteiger partial charge in [0, 0.05) is 36.8 Å². The van der Waals surface area contributed by atoms with E-state index in [2.05, 4.69) is 30.0 Å². The molecule has 1 aliphatic rings. The number of fused-ring (bicyclic) bond motifs is 1. The third-order valence-corrected chi connectivity index (χ3v) is 5.32. The maximum absolute atomic E-state index is 12.3. The summed E-state index contributed by atoms with van der Waals surface area (Å²) in [5, 5.41) is 14.9. The van der Waals surface area contributed by atoms with E-state index in [0.29, 0.717) is 6.42 Å². The quantitative estimate of drug-likeness (QED) is 0.763. The predicted octanol–water partition coefficient (Wildman–Crippen LogP) is 2.17. The zero-order valence-electron chi connectivity index (χ0n) is 14.6. The average molecular weight is 368 g/mol. The van der Waals surface area contributed by atoms with Crippen LogP contribution in [0.3, 0.4) is 0 Å². The molecule has 4 rings (SSSR count). The van der Waals surface area contributed by atoms with Crippen LogP contribution in [0.25, 0.3) is 11.5 Å². The van der Waals surface area contributed by atoms with Gasteiger partial charge in [0.15, 0.2) is 5.82 Å². The Morgan fingerprint density at radius 2 is 2.31 bits per heavy atom. The molecule has 3 aromatic heterocycles. The number of aryl methyl sites for hydroxylation is 2. The molecule has 134 valence electrons. The molecule has 0 saturated heterocycles. The molecular formula is C18H20N6OS. The first-order valence-electron chi connectivity index (χ1n) is 8.72. The molecular weight excluding hydrogens is 348 g/mol. The first-order valence-corrected chi connectivity index (χ1v) is 9.60. The van der Waals surface area contributed by atoms with Crippen molar-refractivity contribution in [1.29, 1.82) is 0 Å². The molecule has 0 radical (unpaired) electrons. The lowest BCUT2D eigenvalue weighted by atomic mass is 10.1. The molecule has 1 unspecified atom stereocenters. The van der Waals surface area contributed by atoms with Crippen LogP contribution in [-0.4, -0.2) is 36.7 Å². The van der Waals surface area contributed by atoms with Gasteiger partial charge in [-0.25, -0.2) is 4.98 Å². The SMILES string of the molecule is Cc1nc(-c2nnc3n2CCC(NC(=O)Cc2cccnc2)CC3)cs1. The van der Waals surface area contributed by atoms with Gasteiger partial charge < -0.3 is 9.88 Å². The van der Waals surface area contributed by atoms with E-state index in [9.17, 15) is 4.79 Å². The summed E-state index contributed by atoms with van der Waals surface area (Å²) in [4.78, 5) is 20.9. The molecule has 0 spiro atoms. The normalized spacial score (nSPS) is 16.7. The molecule has 1 atom stereocenters. The number of amides is 1. The fourth-order valence-electron chi connectivity index (χ4n) is 3.25. The average Bonchev–Trinajstić information content (AvgIpc) is 3.19. The summed E-state index contributed by atoms with van der Waals surface area (Å²) in [6.07, 6.45) is 6.33. The molecule has 26 heavy (non-hydrogen) atoms. The second-order valence-corrected chi connectivity index (χ2v) is 7.54. The van der Waals surface area contributed by atoms with Crippen LogP contribution in [0.2, 0.25) is 0 Å². The Labute approximate surface area is 155 Å². The van der Waals surface area contributed by atoms with Gasteiger partial charge in [-0.3, -0.25) is 9.78 Å². The van der Waals surface area contributed by atoms with Gasteiger partial charge in [-0.05, 0) is 31.4 Å². The van der Waals surface area contributed by atoms with Crippen LogP contribution in [-0.2, 0) is 24.2 Å². The molecule has 0 fully saturated rings. The van der Waals surface area contributed by atoms with Gasteiger partial charge in [0.1, 0.15) is 11.5 Å². The van der Waals surface area contributed by atoms with E-state index in [1.807, 2.05) is 24.4 Å². The highest BCUT2D eigenvalue weighted by Gasteiger charge is 2.23. The van der Waals surface area contributed by atoms with E-state index in [0.717, 1.165) is 53.7 Å². The van der Waals surface area contributed by atoms with E-state index in [-0.39, 0.29) is 11.9 Å². The summed E-state index contributed by atoms with van der Waals surface area (Å²) in [6, 6.07) is 3.91. The largest absolute Gasteiger partial charge is 0.353 e. The fraction of sp³-hybridized carbons (Fsp3) is 0.389. The van der Waals surface area contributed by atoms with E-state index in [1.165, 1.54) is 0 Å². The number of carbonyl (C=O) groups is 1. The lowest BCUT2D eigenvalue weighted by Gasteiger charge is -2.16. The molecule has 4 heterocycles. The summed E-state index contributed by atoms with van der Waals surface area (Å²) < 4.78 is 2.14. The highest BCUT2D eigenvalue weighted by Crippen LogP contribution is 2.24. The van der Waals surface area contributed by atoms with Crippen molar-refractivity contribution in [3.05, 3.63) is 46.3 Å². The van der Waals surface area contributed by atoms with E-state index in [1.54, 1.807) is 23.7 Å². The smallest absolute Gasteiger partial charge is 0.224 e. The van der Waals surface area contributed by atoms with Crippen molar-refractivity contribution in [3.8, 4) is 11.5 Å². The Kier molecular flexibility index (Phi) is 4.75. The molecule has 1 N–H and O–H groups in total. The third kappa shape index (κ3) is 3.65. The number of rotatable bonds is 4. The van der Waals surface area contributed by atoms with E-state index >= 15 is 0 Å². The molecule has 1 amide bonds. The zero-order valence-corrected chi connectivity index (χ0v) is 15.4. The maximum atomic E-state index is 12.3. The zero-order chi connectivity index (χ0) is 17.9. The monoisotopic (exact) mass is 368 g/mol. The molecule has 0 aromatic carbocycles. The van der Waals surface area contributed by atoms with Crippen molar-refractivity contribution >= 4 is 17.2 Å². The number of hydrogen-bond donors (Lipinski definition) is 1. The van der Waals surface area contributed by atoms with Crippen molar-refractivity contribution in [2.75, 3.05) is 0 Å². The molecule has 3 aromatic rings. The second kappa shape index (κ2) is 7.33. The number of carbonyl (C=O) groups excluding carboxylic acids is 1. The highest BCUT2D eigenvalue weighted by molar-refractivity contribution is 7.09. The molecule has 8 heteroatoms. The van der Waals surface area contributed by atoms with Crippen LogP contribution in [0.1, 0.15) is 29.2 Å². The predicted molar refractivity (Wildman–Crippen MR) is 98.7 cm³/mol. The number of thiazole rings is 1. The van der Waals surface area contributed by atoms with Gasteiger partial charge in [0.05, 0.1) is 11.4 Å². The fourth-order valence-corrected chi connectivity index (χ4v) is 3.85. The van der Waals surface area contributed by atoms with Gasteiger partial charge in [0.2, 0.25) is 5.91 Å². The van der Waals surface area contributed by atoms with Gasteiger partial charge in [-0.15, -0.1) is 21.5 Å². The van der Waals surface area contributed by atoms with Crippen molar-refractivity contribution in [2.45, 2.75) is 45.2 Å². The highest BCUT2D eigenvalue weighted by atomic mass is 32.1. The van der Waals surface area contributed by atoms with E-state index < -0.39 is 0 Å². The van der Waals surface area contributed by atoms with Crippen LogP contribution in [0.15, 0.2) is 29.9 Å². The molecule has 0 aliphatic carbocycles. The third-order valence-electron chi connectivity index (χ3n) is 4.55. The minimum atomic E-state index is 0.0380. The van der Waals surface area contributed by atoms with Crippen molar-refractivity contribution in [2.24, 2.45) is 0 Å². The molecule has 7 nitrogen and oxygen atoms in total. The van der Waals surface area contributed by atoms with Crippen LogP contribution in [0.4, 0.5) is 0 Å². The topological polar surface area (TPSA) is 85.6 Å². The van der Waals surface area contributed by atoms with E-state index in [4.69, 9.17) is 0 Å². The van der Waals surface area contributed by atoms with Crippen LogP contribution in [0.5, 0.6) is 0 Å². The Bertz CT molecular complexity index is 904. The molecule has 1 aliphatic heterocycles. The Morgan fingerprint density at radius 1 is 1.38 bits per heavy atom. The molecule has 0 bridgehead atoms. The lowest BCUT2D eigenvalue weighted by Crippen LogP contribution is -2.36. The van der Waals surface area contributed by atoms with Gasteiger partial charge in [-0.2, -0.15) is 0 Å². The summed E-state index contributed by atoms with van der Waals surface area (Å²) in [7, 11) is 0. The Morgan fingerprint density at radius 3 is 3.08 bits per heavy atom. The summed E-state index contributed by atoms with van der Waals surface area (Å²) in [6.45, 7) is 2.77. The van der Waals surface area contributed by atoms with Crippen molar-refractivity contribution < 1.29 is 4.79 Å². The maximum Gasteiger partial charge on any atom is 0.224 e. The summed E-state index contributed by atoms with van der Waals surface area (Å²) in [5.74, 6) is 1.83. The number of pyridine rings is 1. The van der Waals surface area contributed by atoms with Crippen LogP contribution in [0, 0.1) is 6.92 Å².